The molecular formula is C15H12BrF4N. The molecule has 2 rings (SSSR count). The van der Waals surface area contributed by atoms with E-state index in [4.69, 9.17) is 0 Å². The topological polar surface area (TPSA) is 12.0 Å². The lowest BCUT2D eigenvalue weighted by molar-refractivity contribution is -0.137. The molecule has 0 saturated carbocycles. The lowest BCUT2D eigenvalue weighted by Crippen LogP contribution is -2.11. The minimum Gasteiger partial charge on any atom is -0.376 e. The van der Waals surface area contributed by atoms with Gasteiger partial charge in [0.2, 0.25) is 0 Å². The third-order valence-corrected chi connectivity index (χ3v) is 3.76. The lowest BCUT2D eigenvalue weighted by atomic mass is 10.1. The highest BCUT2D eigenvalue weighted by Gasteiger charge is 2.31. The molecule has 0 aliphatic heterocycles. The van der Waals surface area contributed by atoms with E-state index in [0.29, 0.717) is 0 Å². The Morgan fingerprint density at radius 1 is 1.10 bits per heavy atom. The van der Waals surface area contributed by atoms with E-state index < -0.39 is 17.6 Å². The van der Waals surface area contributed by atoms with E-state index in [1.165, 1.54) is 0 Å². The van der Waals surface area contributed by atoms with Crippen LogP contribution in [-0.4, -0.2) is 0 Å². The SMILES string of the molecule is CC(Nc1cc(C(F)(F)F)ccc1F)c1ccccc1Br. The van der Waals surface area contributed by atoms with Crippen molar-refractivity contribution >= 4 is 21.6 Å². The van der Waals surface area contributed by atoms with E-state index in [1.807, 2.05) is 18.2 Å². The van der Waals surface area contributed by atoms with E-state index >= 15 is 0 Å². The first-order valence-corrected chi connectivity index (χ1v) is 6.96. The van der Waals surface area contributed by atoms with Gasteiger partial charge in [0, 0.05) is 10.5 Å². The molecule has 112 valence electrons. The standard InChI is InChI=1S/C15H12BrF4N/c1-9(11-4-2-3-5-12(11)16)21-14-8-10(15(18,19)20)6-7-13(14)17/h2-9,21H,1H3. The van der Waals surface area contributed by atoms with Crippen molar-refractivity contribution < 1.29 is 17.6 Å². The number of rotatable bonds is 3. The third-order valence-electron chi connectivity index (χ3n) is 3.04. The Kier molecular flexibility index (Phi) is 4.56. The number of hydrogen-bond acceptors (Lipinski definition) is 1. The number of nitrogens with one attached hydrogen (secondary N) is 1. The average Bonchev–Trinajstić information content (AvgIpc) is 2.40. The van der Waals surface area contributed by atoms with Gasteiger partial charge in [-0.25, -0.2) is 4.39 Å². The molecule has 0 amide bonds. The summed E-state index contributed by atoms with van der Waals surface area (Å²) in [5.41, 5.74) is -0.229. The van der Waals surface area contributed by atoms with Gasteiger partial charge in [0.15, 0.2) is 0 Å². The highest BCUT2D eigenvalue weighted by molar-refractivity contribution is 9.10. The zero-order valence-electron chi connectivity index (χ0n) is 11.0. The second-order valence-corrected chi connectivity index (χ2v) is 5.43. The molecule has 0 radical (unpaired) electrons. The molecular weight excluding hydrogens is 350 g/mol. The molecule has 2 aromatic carbocycles. The van der Waals surface area contributed by atoms with Gasteiger partial charge in [0.05, 0.1) is 11.3 Å². The highest BCUT2D eigenvalue weighted by atomic mass is 79.9. The van der Waals surface area contributed by atoms with Gasteiger partial charge >= 0.3 is 6.18 Å². The second kappa shape index (κ2) is 6.05. The Labute approximate surface area is 128 Å². The van der Waals surface area contributed by atoms with Crippen LogP contribution in [0.15, 0.2) is 46.9 Å². The zero-order valence-corrected chi connectivity index (χ0v) is 12.6. The third kappa shape index (κ3) is 3.75. The molecule has 0 aliphatic carbocycles. The molecule has 0 bridgehead atoms. The van der Waals surface area contributed by atoms with Crippen molar-refractivity contribution in [2.75, 3.05) is 5.32 Å². The number of anilines is 1. The summed E-state index contributed by atoms with van der Waals surface area (Å²) < 4.78 is 52.5. The van der Waals surface area contributed by atoms with Gasteiger partial charge in [-0.2, -0.15) is 13.2 Å². The molecule has 0 aliphatic rings. The number of hydrogen-bond donors (Lipinski definition) is 1. The predicted octanol–water partition coefficient (Wildman–Crippen LogP) is 5.78. The monoisotopic (exact) mass is 361 g/mol. The van der Waals surface area contributed by atoms with Gasteiger partial charge in [-0.05, 0) is 36.8 Å². The van der Waals surface area contributed by atoms with E-state index in [9.17, 15) is 17.6 Å². The molecule has 21 heavy (non-hydrogen) atoms. The van der Waals surface area contributed by atoms with Gasteiger partial charge in [0.25, 0.3) is 0 Å². The van der Waals surface area contributed by atoms with Crippen molar-refractivity contribution in [3.05, 3.63) is 63.9 Å². The minimum atomic E-state index is -4.50. The molecule has 0 spiro atoms. The van der Waals surface area contributed by atoms with Crippen LogP contribution in [0.4, 0.5) is 23.2 Å². The maximum Gasteiger partial charge on any atom is 0.416 e. The van der Waals surface area contributed by atoms with Crippen LogP contribution < -0.4 is 5.32 Å². The first-order chi connectivity index (χ1) is 9.79. The van der Waals surface area contributed by atoms with Crippen molar-refractivity contribution in [2.45, 2.75) is 19.1 Å². The Morgan fingerprint density at radius 3 is 2.38 bits per heavy atom. The Hall–Kier alpha value is -1.56. The minimum absolute atomic E-state index is 0.173. The Bertz CT molecular complexity index is 640. The van der Waals surface area contributed by atoms with Crippen LogP contribution in [-0.2, 0) is 6.18 Å². The van der Waals surface area contributed by atoms with Gasteiger partial charge in [0.1, 0.15) is 5.82 Å². The molecule has 1 N–H and O–H groups in total. The van der Waals surface area contributed by atoms with Crippen molar-refractivity contribution in [1.82, 2.24) is 0 Å². The van der Waals surface area contributed by atoms with Crippen LogP contribution in [0.25, 0.3) is 0 Å². The second-order valence-electron chi connectivity index (χ2n) is 4.58. The van der Waals surface area contributed by atoms with E-state index in [0.717, 1.165) is 28.2 Å². The number of benzene rings is 2. The maximum atomic E-state index is 13.7. The average molecular weight is 362 g/mol. The number of alkyl halides is 3. The van der Waals surface area contributed by atoms with Crippen LogP contribution in [0.1, 0.15) is 24.1 Å². The molecule has 1 nitrogen and oxygen atoms in total. The fraction of sp³-hybridized carbons (Fsp3) is 0.200. The van der Waals surface area contributed by atoms with E-state index in [-0.39, 0.29) is 11.7 Å². The smallest absolute Gasteiger partial charge is 0.376 e. The molecule has 0 saturated heterocycles. The summed E-state index contributed by atoms with van der Waals surface area (Å²) in [7, 11) is 0. The summed E-state index contributed by atoms with van der Waals surface area (Å²) in [6.45, 7) is 1.75. The van der Waals surface area contributed by atoms with Gasteiger partial charge in [-0.15, -0.1) is 0 Å². The van der Waals surface area contributed by atoms with Crippen LogP contribution in [0, 0.1) is 5.82 Å². The molecule has 2 aromatic rings. The molecule has 6 heteroatoms. The summed E-state index contributed by atoms with van der Waals surface area (Å²) in [6, 6.07) is 9.23. The van der Waals surface area contributed by atoms with Crippen molar-refractivity contribution in [3.63, 3.8) is 0 Å². The van der Waals surface area contributed by atoms with Crippen molar-refractivity contribution in [3.8, 4) is 0 Å². The van der Waals surface area contributed by atoms with Gasteiger partial charge in [-0.3, -0.25) is 0 Å². The molecule has 1 unspecified atom stereocenters. The first kappa shape index (κ1) is 15.8. The molecule has 1 atom stereocenters. The van der Waals surface area contributed by atoms with Crippen LogP contribution in [0.3, 0.4) is 0 Å². The van der Waals surface area contributed by atoms with E-state index in [1.54, 1.807) is 13.0 Å². The molecule has 0 aromatic heterocycles. The Morgan fingerprint density at radius 2 is 1.76 bits per heavy atom. The first-order valence-electron chi connectivity index (χ1n) is 6.16. The quantitative estimate of drug-likeness (QED) is 0.683. The van der Waals surface area contributed by atoms with Crippen LogP contribution in [0.5, 0.6) is 0 Å². The summed E-state index contributed by atoms with van der Waals surface area (Å²) in [5.74, 6) is -0.720. The van der Waals surface area contributed by atoms with Crippen molar-refractivity contribution in [1.29, 1.82) is 0 Å². The fourth-order valence-electron chi connectivity index (χ4n) is 1.95. The predicted molar refractivity (Wildman–Crippen MR) is 77.6 cm³/mol. The summed E-state index contributed by atoms with van der Waals surface area (Å²) >= 11 is 3.36. The van der Waals surface area contributed by atoms with E-state index in [2.05, 4.69) is 21.2 Å². The summed E-state index contributed by atoms with van der Waals surface area (Å²) in [5, 5.41) is 2.77. The maximum absolute atomic E-state index is 13.7. The summed E-state index contributed by atoms with van der Waals surface area (Å²) in [4.78, 5) is 0. The van der Waals surface area contributed by atoms with Gasteiger partial charge in [-0.1, -0.05) is 34.1 Å². The normalized spacial score (nSPS) is 13.0. The highest BCUT2D eigenvalue weighted by Crippen LogP contribution is 2.33. The largest absolute Gasteiger partial charge is 0.416 e. The Balaban J connectivity index is 2.29. The van der Waals surface area contributed by atoms with Crippen LogP contribution >= 0.6 is 15.9 Å². The molecule has 0 fully saturated rings. The summed E-state index contributed by atoms with van der Waals surface area (Å²) in [6.07, 6.45) is -4.50. The molecule has 0 heterocycles. The lowest BCUT2D eigenvalue weighted by Gasteiger charge is -2.18. The van der Waals surface area contributed by atoms with Crippen molar-refractivity contribution in [2.24, 2.45) is 0 Å². The van der Waals surface area contributed by atoms with Gasteiger partial charge < -0.3 is 5.32 Å². The van der Waals surface area contributed by atoms with Crippen LogP contribution in [0.2, 0.25) is 0 Å². The fourth-order valence-corrected chi connectivity index (χ4v) is 2.58. The number of halogens is 5. The zero-order chi connectivity index (χ0) is 15.6.